The number of rotatable bonds is 3. The minimum absolute atomic E-state index is 0.358. The number of aliphatic carboxylic acids is 1. The monoisotopic (exact) mass is 213 g/mol. The van der Waals surface area contributed by atoms with Crippen LogP contribution in [0.15, 0.2) is 0 Å². The van der Waals surface area contributed by atoms with E-state index in [9.17, 15) is 4.79 Å². The SMILES string of the molecule is CC1CC(C)(C)CC1N(C)C(C)C(=O)O. The van der Waals surface area contributed by atoms with Crippen molar-refractivity contribution in [3.8, 4) is 0 Å². The van der Waals surface area contributed by atoms with Crippen LogP contribution in [0.2, 0.25) is 0 Å². The van der Waals surface area contributed by atoms with E-state index in [1.165, 1.54) is 6.42 Å². The quantitative estimate of drug-likeness (QED) is 0.781. The molecule has 0 spiro atoms. The maximum atomic E-state index is 10.9. The van der Waals surface area contributed by atoms with Gasteiger partial charge in [0.2, 0.25) is 0 Å². The molecule has 1 saturated carbocycles. The molecular weight excluding hydrogens is 190 g/mol. The molecule has 1 aliphatic rings. The molecule has 0 aromatic rings. The molecule has 0 heterocycles. The third-order valence-corrected chi connectivity index (χ3v) is 3.78. The van der Waals surface area contributed by atoms with Gasteiger partial charge in [-0.25, -0.2) is 0 Å². The van der Waals surface area contributed by atoms with Crippen molar-refractivity contribution in [1.82, 2.24) is 4.90 Å². The molecule has 0 amide bonds. The summed E-state index contributed by atoms with van der Waals surface area (Å²) in [5, 5.41) is 8.99. The van der Waals surface area contributed by atoms with E-state index in [1.807, 2.05) is 11.9 Å². The molecule has 3 nitrogen and oxygen atoms in total. The molecule has 0 aromatic heterocycles. The Morgan fingerprint density at radius 2 is 2.00 bits per heavy atom. The molecule has 3 heteroatoms. The molecule has 0 aliphatic heterocycles. The third-order valence-electron chi connectivity index (χ3n) is 3.78. The van der Waals surface area contributed by atoms with Gasteiger partial charge in [0.25, 0.3) is 0 Å². The van der Waals surface area contributed by atoms with Gasteiger partial charge in [0.15, 0.2) is 0 Å². The highest BCUT2D eigenvalue weighted by Gasteiger charge is 2.40. The van der Waals surface area contributed by atoms with Crippen LogP contribution in [0.25, 0.3) is 0 Å². The van der Waals surface area contributed by atoms with Crippen LogP contribution in [0.3, 0.4) is 0 Å². The van der Waals surface area contributed by atoms with E-state index in [1.54, 1.807) is 6.92 Å². The summed E-state index contributed by atoms with van der Waals surface area (Å²) in [4.78, 5) is 12.9. The van der Waals surface area contributed by atoms with Gasteiger partial charge in [-0.15, -0.1) is 0 Å². The zero-order valence-electron chi connectivity index (χ0n) is 10.4. The highest BCUT2D eigenvalue weighted by atomic mass is 16.4. The zero-order valence-corrected chi connectivity index (χ0v) is 10.4. The van der Waals surface area contributed by atoms with Crippen LogP contribution in [0.4, 0.5) is 0 Å². The van der Waals surface area contributed by atoms with E-state index in [2.05, 4.69) is 20.8 Å². The summed E-state index contributed by atoms with van der Waals surface area (Å²) in [5.74, 6) is -0.138. The summed E-state index contributed by atoms with van der Waals surface area (Å²) >= 11 is 0. The summed E-state index contributed by atoms with van der Waals surface area (Å²) in [6.45, 7) is 8.52. The van der Waals surface area contributed by atoms with Crippen molar-refractivity contribution in [1.29, 1.82) is 0 Å². The van der Waals surface area contributed by atoms with Crippen molar-refractivity contribution in [2.24, 2.45) is 11.3 Å². The summed E-state index contributed by atoms with van der Waals surface area (Å²) in [5.41, 5.74) is 0.358. The fourth-order valence-corrected chi connectivity index (χ4v) is 2.87. The average Bonchev–Trinajstić information content (AvgIpc) is 2.37. The second kappa shape index (κ2) is 4.12. The molecule has 88 valence electrons. The minimum Gasteiger partial charge on any atom is -0.480 e. The van der Waals surface area contributed by atoms with Gasteiger partial charge in [0.1, 0.15) is 6.04 Å². The fraction of sp³-hybridized carbons (Fsp3) is 0.917. The van der Waals surface area contributed by atoms with Gasteiger partial charge in [-0.1, -0.05) is 20.8 Å². The molecule has 0 saturated heterocycles. The molecular formula is C12H23NO2. The maximum absolute atomic E-state index is 10.9. The Balaban J connectivity index is 2.69. The van der Waals surface area contributed by atoms with E-state index in [-0.39, 0.29) is 6.04 Å². The van der Waals surface area contributed by atoms with Crippen molar-refractivity contribution >= 4 is 5.97 Å². The molecule has 1 aliphatic carbocycles. The number of likely N-dealkylation sites (N-methyl/N-ethyl adjacent to an activating group) is 1. The van der Waals surface area contributed by atoms with Crippen LogP contribution in [-0.2, 0) is 4.79 Å². The van der Waals surface area contributed by atoms with Crippen LogP contribution in [0.5, 0.6) is 0 Å². The summed E-state index contributed by atoms with van der Waals surface area (Å²) < 4.78 is 0. The molecule has 1 N–H and O–H groups in total. The lowest BCUT2D eigenvalue weighted by atomic mass is 9.91. The molecule has 15 heavy (non-hydrogen) atoms. The lowest BCUT2D eigenvalue weighted by molar-refractivity contribution is -0.143. The Morgan fingerprint density at radius 3 is 2.33 bits per heavy atom. The van der Waals surface area contributed by atoms with Crippen LogP contribution < -0.4 is 0 Å². The average molecular weight is 213 g/mol. The normalized spacial score (nSPS) is 31.9. The Labute approximate surface area is 92.5 Å². The summed E-state index contributed by atoms with van der Waals surface area (Å²) in [7, 11) is 1.93. The van der Waals surface area contributed by atoms with Gasteiger partial charge in [-0.3, -0.25) is 9.69 Å². The molecule has 0 radical (unpaired) electrons. The van der Waals surface area contributed by atoms with Gasteiger partial charge in [0, 0.05) is 6.04 Å². The van der Waals surface area contributed by atoms with Crippen molar-refractivity contribution < 1.29 is 9.90 Å². The minimum atomic E-state index is -0.727. The summed E-state index contributed by atoms with van der Waals surface area (Å²) in [6.07, 6.45) is 2.29. The number of carboxylic acids is 1. The molecule has 1 fully saturated rings. The largest absolute Gasteiger partial charge is 0.480 e. The highest BCUT2D eigenvalue weighted by molar-refractivity contribution is 5.72. The Morgan fingerprint density at radius 1 is 1.47 bits per heavy atom. The number of nitrogens with zero attached hydrogens (tertiary/aromatic N) is 1. The van der Waals surface area contributed by atoms with Crippen LogP contribution in [0, 0.1) is 11.3 Å². The Bertz CT molecular complexity index is 250. The van der Waals surface area contributed by atoms with Crippen molar-refractivity contribution in [3.63, 3.8) is 0 Å². The van der Waals surface area contributed by atoms with Crippen LogP contribution >= 0.6 is 0 Å². The number of carboxylic acid groups (broad SMARTS) is 1. The first-order valence-electron chi connectivity index (χ1n) is 5.69. The standard InChI is InChI=1S/C12H23NO2/c1-8-6-12(3,4)7-10(8)13(5)9(2)11(14)15/h8-10H,6-7H2,1-5H3,(H,14,15). The topological polar surface area (TPSA) is 40.5 Å². The second-order valence-electron chi connectivity index (χ2n) is 5.80. The molecule has 3 atom stereocenters. The van der Waals surface area contributed by atoms with Gasteiger partial charge >= 0.3 is 5.97 Å². The van der Waals surface area contributed by atoms with Crippen LogP contribution in [-0.4, -0.2) is 35.1 Å². The van der Waals surface area contributed by atoms with E-state index in [0.717, 1.165) is 6.42 Å². The lowest BCUT2D eigenvalue weighted by Gasteiger charge is -2.31. The third kappa shape index (κ3) is 2.71. The predicted molar refractivity (Wildman–Crippen MR) is 60.8 cm³/mol. The van der Waals surface area contributed by atoms with Crippen molar-refractivity contribution in [2.75, 3.05) is 7.05 Å². The Hall–Kier alpha value is -0.570. The first-order chi connectivity index (χ1) is 6.74. The summed E-state index contributed by atoms with van der Waals surface area (Å²) in [6, 6.07) is 0.0254. The molecule has 1 rings (SSSR count). The van der Waals surface area contributed by atoms with Crippen molar-refractivity contribution in [3.05, 3.63) is 0 Å². The highest BCUT2D eigenvalue weighted by Crippen LogP contribution is 2.43. The van der Waals surface area contributed by atoms with Gasteiger partial charge < -0.3 is 5.11 Å². The Kier molecular flexibility index (Phi) is 3.44. The van der Waals surface area contributed by atoms with E-state index >= 15 is 0 Å². The molecule has 0 bridgehead atoms. The number of hydrogen-bond donors (Lipinski definition) is 1. The fourth-order valence-electron chi connectivity index (χ4n) is 2.87. The molecule has 0 aromatic carbocycles. The number of carbonyl (C=O) groups is 1. The van der Waals surface area contributed by atoms with E-state index in [0.29, 0.717) is 17.4 Å². The second-order valence-corrected chi connectivity index (χ2v) is 5.80. The van der Waals surface area contributed by atoms with Gasteiger partial charge in [0.05, 0.1) is 0 Å². The predicted octanol–water partition coefficient (Wildman–Crippen LogP) is 2.22. The first-order valence-corrected chi connectivity index (χ1v) is 5.69. The smallest absolute Gasteiger partial charge is 0.320 e. The number of hydrogen-bond acceptors (Lipinski definition) is 2. The van der Waals surface area contributed by atoms with Gasteiger partial charge in [-0.2, -0.15) is 0 Å². The van der Waals surface area contributed by atoms with Gasteiger partial charge in [-0.05, 0) is 38.1 Å². The lowest BCUT2D eigenvalue weighted by Crippen LogP contribution is -2.44. The van der Waals surface area contributed by atoms with Crippen molar-refractivity contribution in [2.45, 2.75) is 52.6 Å². The van der Waals surface area contributed by atoms with E-state index in [4.69, 9.17) is 5.11 Å². The zero-order chi connectivity index (χ0) is 11.8. The first kappa shape index (κ1) is 12.5. The van der Waals surface area contributed by atoms with E-state index < -0.39 is 5.97 Å². The molecule has 3 unspecified atom stereocenters. The van der Waals surface area contributed by atoms with Crippen LogP contribution in [0.1, 0.15) is 40.5 Å². The maximum Gasteiger partial charge on any atom is 0.320 e.